The second-order valence-corrected chi connectivity index (χ2v) is 8.50. The first-order chi connectivity index (χ1) is 17.5. The largest absolute Gasteiger partial charge is 0.340 e. The van der Waals surface area contributed by atoms with Gasteiger partial charge in [-0.05, 0) is 48.9 Å². The van der Waals surface area contributed by atoms with Crippen molar-refractivity contribution < 1.29 is 4.39 Å². The maximum absolute atomic E-state index is 13.5. The standard InChI is InChI=1S/C26H21FN8O/c1-16-30-31-26-33(2)25(36)22-23(29-20-12-10-19(27)11-13-20)34(32-24(22)35(16)26)15-17-6-8-18(9-7-17)21-5-3-4-14-28-21/h3-14,29H,15H2,1-2H3. The Labute approximate surface area is 204 Å². The number of halogens is 1. The third-order valence-corrected chi connectivity index (χ3v) is 6.13. The molecule has 9 nitrogen and oxygen atoms in total. The molecule has 0 aliphatic heterocycles. The third kappa shape index (κ3) is 3.59. The van der Waals surface area contributed by atoms with E-state index in [2.05, 4.69) is 20.5 Å². The van der Waals surface area contributed by atoms with Crippen molar-refractivity contribution >= 4 is 28.3 Å². The summed E-state index contributed by atoms with van der Waals surface area (Å²) in [7, 11) is 1.65. The van der Waals surface area contributed by atoms with E-state index in [0.717, 1.165) is 16.8 Å². The first-order valence-electron chi connectivity index (χ1n) is 11.3. The molecule has 36 heavy (non-hydrogen) atoms. The van der Waals surface area contributed by atoms with Crippen LogP contribution in [0.2, 0.25) is 0 Å². The molecule has 1 N–H and O–H groups in total. The molecule has 0 amide bonds. The fourth-order valence-corrected chi connectivity index (χ4v) is 4.28. The van der Waals surface area contributed by atoms with Crippen LogP contribution < -0.4 is 10.9 Å². The molecule has 0 radical (unpaired) electrons. The number of nitrogens with one attached hydrogen (secondary N) is 1. The van der Waals surface area contributed by atoms with Crippen molar-refractivity contribution in [2.24, 2.45) is 7.05 Å². The van der Waals surface area contributed by atoms with Crippen molar-refractivity contribution in [3.05, 3.63) is 100 Å². The third-order valence-electron chi connectivity index (χ3n) is 6.13. The van der Waals surface area contributed by atoms with Gasteiger partial charge in [0.2, 0.25) is 5.78 Å². The minimum atomic E-state index is -0.343. The van der Waals surface area contributed by atoms with Gasteiger partial charge in [0.05, 0.1) is 12.2 Å². The van der Waals surface area contributed by atoms with Crippen molar-refractivity contribution in [2.75, 3.05) is 5.32 Å². The van der Waals surface area contributed by atoms with Gasteiger partial charge < -0.3 is 5.32 Å². The summed E-state index contributed by atoms with van der Waals surface area (Å²) in [5.74, 6) is 1.18. The number of aryl methyl sites for hydroxylation is 2. The van der Waals surface area contributed by atoms with Gasteiger partial charge in [-0.25, -0.2) is 13.5 Å². The molecule has 0 spiro atoms. The molecule has 2 aromatic carbocycles. The van der Waals surface area contributed by atoms with Crippen LogP contribution in [-0.4, -0.2) is 33.9 Å². The first-order valence-corrected chi connectivity index (χ1v) is 11.3. The summed E-state index contributed by atoms with van der Waals surface area (Å²) in [6, 6.07) is 19.8. The van der Waals surface area contributed by atoms with Crippen LogP contribution in [0.3, 0.4) is 0 Å². The van der Waals surface area contributed by atoms with Crippen LogP contribution in [0.15, 0.2) is 77.7 Å². The molecule has 0 bridgehead atoms. The number of anilines is 2. The molecule has 6 aromatic rings. The van der Waals surface area contributed by atoms with Gasteiger partial charge >= 0.3 is 0 Å². The lowest BCUT2D eigenvalue weighted by Gasteiger charge is -2.11. The summed E-state index contributed by atoms with van der Waals surface area (Å²) in [5, 5.41) is 16.8. The van der Waals surface area contributed by atoms with Gasteiger partial charge in [-0.15, -0.1) is 10.2 Å². The Kier molecular flexibility index (Phi) is 5.06. The fourth-order valence-electron chi connectivity index (χ4n) is 4.28. The summed E-state index contributed by atoms with van der Waals surface area (Å²) in [6.07, 6.45) is 1.76. The van der Waals surface area contributed by atoms with Crippen LogP contribution in [0.5, 0.6) is 0 Å². The number of hydrogen-bond donors (Lipinski definition) is 1. The van der Waals surface area contributed by atoms with E-state index in [4.69, 9.17) is 5.10 Å². The van der Waals surface area contributed by atoms with Crippen molar-refractivity contribution in [1.82, 2.24) is 33.9 Å². The quantitative estimate of drug-likeness (QED) is 0.400. The first kappa shape index (κ1) is 21.7. The number of hydrogen-bond acceptors (Lipinski definition) is 6. The van der Waals surface area contributed by atoms with Crippen LogP contribution in [0, 0.1) is 12.7 Å². The molecule has 0 saturated heterocycles. The second-order valence-electron chi connectivity index (χ2n) is 8.50. The van der Waals surface area contributed by atoms with Crippen molar-refractivity contribution in [2.45, 2.75) is 13.5 Å². The number of aromatic nitrogens is 7. The summed E-state index contributed by atoms with van der Waals surface area (Å²) in [4.78, 5) is 17.8. The summed E-state index contributed by atoms with van der Waals surface area (Å²) < 4.78 is 18.5. The Morgan fingerprint density at radius 1 is 0.972 bits per heavy atom. The number of rotatable bonds is 5. The van der Waals surface area contributed by atoms with Gasteiger partial charge in [0.15, 0.2) is 5.65 Å². The van der Waals surface area contributed by atoms with Crippen molar-refractivity contribution in [3.8, 4) is 11.3 Å². The van der Waals surface area contributed by atoms with E-state index in [1.165, 1.54) is 16.7 Å². The molecule has 0 fully saturated rings. The van der Waals surface area contributed by atoms with E-state index >= 15 is 0 Å². The molecule has 0 unspecified atom stereocenters. The lowest BCUT2D eigenvalue weighted by Crippen LogP contribution is -2.20. The van der Waals surface area contributed by atoms with Crippen LogP contribution in [0.4, 0.5) is 15.9 Å². The van der Waals surface area contributed by atoms with Crippen LogP contribution >= 0.6 is 0 Å². The summed E-state index contributed by atoms with van der Waals surface area (Å²) >= 11 is 0. The lowest BCUT2D eigenvalue weighted by molar-refractivity contribution is 0.628. The highest BCUT2D eigenvalue weighted by molar-refractivity contribution is 5.90. The summed E-state index contributed by atoms with van der Waals surface area (Å²) in [5.41, 5.74) is 3.70. The van der Waals surface area contributed by atoms with Crippen molar-refractivity contribution in [1.29, 1.82) is 0 Å². The van der Waals surface area contributed by atoms with Gasteiger partial charge in [-0.3, -0.25) is 14.3 Å². The Morgan fingerprint density at radius 2 is 1.75 bits per heavy atom. The molecular weight excluding hydrogens is 459 g/mol. The highest BCUT2D eigenvalue weighted by Gasteiger charge is 2.22. The molecule has 4 aromatic heterocycles. The van der Waals surface area contributed by atoms with Gasteiger partial charge in [-0.1, -0.05) is 30.3 Å². The van der Waals surface area contributed by atoms with E-state index in [9.17, 15) is 9.18 Å². The molecule has 0 aliphatic carbocycles. The molecule has 0 aliphatic rings. The topological polar surface area (TPSA) is 94.9 Å². The molecule has 178 valence electrons. The zero-order valence-corrected chi connectivity index (χ0v) is 19.6. The molecule has 0 atom stereocenters. The minimum Gasteiger partial charge on any atom is -0.340 e. The predicted octanol–water partition coefficient (Wildman–Crippen LogP) is 4.08. The molecule has 0 saturated carbocycles. The van der Waals surface area contributed by atoms with E-state index < -0.39 is 0 Å². The minimum absolute atomic E-state index is 0.258. The van der Waals surface area contributed by atoms with Gasteiger partial charge in [0.25, 0.3) is 5.56 Å². The maximum Gasteiger partial charge on any atom is 0.268 e. The normalized spacial score (nSPS) is 11.4. The van der Waals surface area contributed by atoms with E-state index in [-0.39, 0.29) is 11.4 Å². The number of nitrogens with zero attached hydrogens (tertiary/aromatic N) is 7. The average molecular weight is 481 g/mol. The number of fused-ring (bicyclic) bond motifs is 3. The molecule has 10 heteroatoms. The van der Waals surface area contributed by atoms with Crippen molar-refractivity contribution in [3.63, 3.8) is 0 Å². The van der Waals surface area contributed by atoms with E-state index in [1.807, 2.05) is 49.4 Å². The SMILES string of the molecule is Cc1nnc2n(C)c(=O)c3c(Nc4ccc(F)cc4)n(Cc4ccc(-c5ccccn5)cc4)nc3n12. The maximum atomic E-state index is 13.5. The average Bonchev–Trinajstić information content (AvgIpc) is 3.45. The zero-order valence-electron chi connectivity index (χ0n) is 19.6. The molecule has 4 heterocycles. The lowest BCUT2D eigenvalue weighted by atomic mass is 10.1. The molecular formula is C26H21FN8O. The van der Waals surface area contributed by atoms with Crippen LogP contribution in [0.25, 0.3) is 28.1 Å². The zero-order chi connectivity index (χ0) is 24.8. The van der Waals surface area contributed by atoms with E-state index in [1.54, 1.807) is 34.5 Å². The predicted molar refractivity (Wildman–Crippen MR) is 135 cm³/mol. The van der Waals surface area contributed by atoms with Gasteiger partial charge in [0.1, 0.15) is 22.8 Å². The van der Waals surface area contributed by atoms with Gasteiger partial charge in [0, 0.05) is 24.5 Å². The number of benzene rings is 2. The smallest absolute Gasteiger partial charge is 0.268 e. The van der Waals surface area contributed by atoms with Crippen LogP contribution in [-0.2, 0) is 13.6 Å². The highest BCUT2D eigenvalue weighted by atomic mass is 19.1. The van der Waals surface area contributed by atoms with Gasteiger partial charge in [-0.2, -0.15) is 5.10 Å². The fraction of sp³-hybridized carbons (Fsp3) is 0.115. The Bertz CT molecular complexity index is 1770. The Balaban J connectivity index is 1.49. The van der Waals surface area contributed by atoms with Crippen LogP contribution in [0.1, 0.15) is 11.4 Å². The highest BCUT2D eigenvalue weighted by Crippen LogP contribution is 2.27. The van der Waals surface area contributed by atoms with E-state index in [0.29, 0.717) is 40.7 Å². The Hall–Kier alpha value is -4.86. The number of pyridine rings is 1. The summed E-state index contributed by atoms with van der Waals surface area (Å²) in [6.45, 7) is 2.21. The Morgan fingerprint density at radius 3 is 2.47 bits per heavy atom. The second kappa shape index (κ2) is 8.42. The monoisotopic (exact) mass is 480 g/mol. The molecule has 6 rings (SSSR count).